The zero-order valence-corrected chi connectivity index (χ0v) is 12.5. The molecule has 114 valence electrons. The van der Waals surface area contributed by atoms with E-state index in [0.717, 1.165) is 24.4 Å². The van der Waals surface area contributed by atoms with Gasteiger partial charge in [-0.25, -0.2) is 4.39 Å². The Balaban J connectivity index is 1.90. The summed E-state index contributed by atoms with van der Waals surface area (Å²) in [5.74, 6) is 0.529. The molecule has 2 N–H and O–H groups in total. The molecule has 0 atom stereocenters. The molecule has 0 aliphatic heterocycles. The van der Waals surface area contributed by atoms with Gasteiger partial charge in [0, 0.05) is 32.3 Å². The van der Waals surface area contributed by atoms with E-state index >= 15 is 0 Å². The highest BCUT2D eigenvalue weighted by atomic mass is 19.1. The molecule has 0 fully saturated rings. The third kappa shape index (κ3) is 4.56. The van der Waals surface area contributed by atoms with Gasteiger partial charge in [-0.05, 0) is 30.5 Å². The fourth-order valence-corrected chi connectivity index (χ4v) is 2.31. The number of nitrogens with one attached hydrogen (secondary N) is 2. The third-order valence-electron chi connectivity index (χ3n) is 3.44. The molecular weight excluding hydrogens is 269 g/mol. The van der Waals surface area contributed by atoms with Gasteiger partial charge in [0.2, 0.25) is 0 Å². The van der Waals surface area contributed by atoms with E-state index < -0.39 is 0 Å². The number of guanidine groups is 1. The Morgan fingerprint density at radius 3 is 2.81 bits per heavy atom. The number of rotatable bonds is 5. The lowest BCUT2D eigenvalue weighted by Gasteiger charge is -2.17. The molecule has 0 saturated carbocycles. The maximum Gasteiger partial charge on any atom is 0.191 e. The first-order valence-electron chi connectivity index (χ1n) is 7.11. The van der Waals surface area contributed by atoms with Crippen LogP contribution in [0.4, 0.5) is 4.39 Å². The van der Waals surface area contributed by atoms with Gasteiger partial charge in [0.05, 0.1) is 6.61 Å². The lowest BCUT2D eigenvalue weighted by Crippen LogP contribution is -2.42. The molecule has 2 rings (SSSR count). The van der Waals surface area contributed by atoms with Crippen LogP contribution in [-0.2, 0) is 17.9 Å². The van der Waals surface area contributed by atoms with Crippen molar-refractivity contribution in [2.24, 2.45) is 4.99 Å². The summed E-state index contributed by atoms with van der Waals surface area (Å²) in [6.45, 7) is 0.872. The van der Waals surface area contributed by atoms with Crippen LogP contribution >= 0.6 is 0 Å². The summed E-state index contributed by atoms with van der Waals surface area (Å²) in [4.78, 5) is 4.21. The Bertz CT molecular complexity index is 520. The standard InChI is InChI=1S/C16H22FN3O/c1-18-16(20-14-5-3-4-6-14)19-10-12-7-8-15(17)13(9-12)11-21-2/h3-4,7-9,14H,5-6,10-11H2,1-2H3,(H2,18,19,20). The third-order valence-corrected chi connectivity index (χ3v) is 3.44. The van der Waals surface area contributed by atoms with Crippen molar-refractivity contribution in [1.82, 2.24) is 10.6 Å². The highest BCUT2D eigenvalue weighted by molar-refractivity contribution is 5.80. The van der Waals surface area contributed by atoms with Crippen LogP contribution in [0.5, 0.6) is 0 Å². The molecule has 0 spiro atoms. The molecule has 1 aromatic carbocycles. The summed E-state index contributed by atoms with van der Waals surface area (Å²) >= 11 is 0. The van der Waals surface area contributed by atoms with E-state index in [-0.39, 0.29) is 12.4 Å². The molecule has 1 aromatic rings. The molecule has 1 aliphatic rings. The van der Waals surface area contributed by atoms with E-state index in [4.69, 9.17) is 4.74 Å². The van der Waals surface area contributed by atoms with Crippen molar-refractivity contribution < 1.29 is 9.13 Å². The van der Waals surface area contributed by atoms with Gasteiger partial charge >= 0.3 is 0 Å². The van der Waals surface area contributed by atoms with Crippen molar-refractivity contribution in [3.63, 3.8) is 0 Å². The fourth-order valence-electron chi connectivity index (χ4n) is 2.31. The highest BCUT2D eigenvalue weighted by Gasteiger charge is 2.11. The molecule has 0 bridgehead atoms. The van der Waals surface area contributed by atoms with Crippen LogP contribution in [0.2, 0.25) is 0 Å². The molecule has 0 amide bonds. The first-order chi connectivity index (χ1) is 10.2. The minimum Gasteiger partial charge on any atom is -0.380 e. The number of ether oxygens (including phenoxy) is 1. The number of aliphatic imine (C=N–C) groups is 1. The molecule has 5 heteroatoms. The minimum atomic E-state index is -0.236. The van der Waals surface area contributed by atoms with Crippen LogP contribution in [0.25, 0.3) is 0 Å². The van der Waals surface area contributed by atoms with E-state index in [1.165, 1.54) is 6.07 Å². The lowest BCUT2D eigenvalue weighted by atomic mass is 10.1. The van der Waals surface area contributed by atoms with Gasteiger partial charge in [-0.15, -0.1) is 0 Å². The number of halogens is 1. The van der Waals surface area contributed by atoms with Crippen molar-refractivity contribution in [1.29, 1.82) is 0 Å². The Kier molecular flexibility index (Phi) is 5.75. The molecule has 21 heavy (non-hydrogen) atoms. The van der Waals surface area contributed by atoms with E-state index in [9.17, 15) is 4.39 Å². The summed E-state index contributed by atoms with van der Waals surface area (Å²) in [7, 11) is 3.31. The molecule has 4 nitrogen and oxygen atoms in total. The summed E-state index contributed by atoms with van der Waals surface area (Å²) in [5.41, 5.74) is 1.57. The normalized spacial score (nSPS) is 15.5. The molecular formula is C16H22FN3O. The van der Waals surface area contributed by atoms with Crippen LogP contribution in [0.15, 0.2) is 35.3 Å². The highest BCUT2D eigenvalue weighted by Crippen LogP contribution is 2.12. The van der Waals surface area contributed by atoms with Gasteiger partial charge in [0.1, 0.15) is 5.82 Å². The number of hydrogen-bond acceptors (Lipinski definition) is 2. The first-order valence-corrected chi connectivity index (χ1v) is 7.11. The summed E-state index contributed by atoms with van der Waals surface area (Å²) in [6, 6.07) is 5.47. The second-order valence-corrected chi connectivity index (χ2v) is 5.07. The topological polar surface area (TPSA) is 45.7 Å². The van der Waals surface area contributed by atoms with Gasteiger partial charge in [-0.3, -0.25) is 4.99 Å². The molecule has 0 radical (unpaired) electrons. The average molecular weight is 291 g/mol. The Morgan fingerprint density at radius 2 is 2.14 bits per heavy atom. The number of nitrogens with zero attached hydrogens (tertiary/aromatic N) is 1. The van der Waals surface area contributed by atoms with Crippen molar-refractivity contribution in [2.45, 2.75) is 32.0 Å². The molecule has 1 aliphatic carbocycles. The molecule has 0 heterocycles. The summed E-state index contributed by atoms with van der Waals surface area (Å²) in [6.07, 6.45) is 6.38. The van der Waals surface area contributed by atoms with Crippen LogP contribution in [0.1, 0.15) is 24.0 Å². The van der Waals surface area contributed by atoms with Crippen molar-refractivity contribution >= 4 is 5.96 Å². The lowest BCUT2D eigenvalue weighted by molar-refractivity contribution is 0.181. The van der Waals surface area contributed by atoms with Crippen molar-refractivity contribution in [2.75, 3.05) is 14.2 Å². The Morgan fingerprint density at radius 1 is 1.38 bits per heavy atom. The predicted molar refractivity (Wildman–Crippen MR) is 82.6 cm³/mol. The molecule has 0 unspecified atom stereocenters. The van der Waals surface area contributed by atoms with Crippen LogP contribution in [0, 0.1) is 5.82 Å². The van der Waals surface area contributed by atoms with Crippen LogP contribution in [0.3, 0.4) is 0 Å². The SMILES string of the molecule is CN=C(NCc1ccc(F)c(COC)c1)NC1CC=CC1. The number of methoxy groups -OCH3 is 1. The Hall–Kier alpha value is -1.88. The van der Waals surface area contributed by atoms with Gasteiger partial charge < -0.3 is 15.4 Å². The maximum atomic E-state index is 13.5. The van der Waals surface area contributed by atoms with Crippen LogP contribution < -0.4 is 10.6 Å². The van der Waals surface area contributed by atoms with Crippen molar-refractivity contribution in [3.8, 4) is 0 Å². The summed E-state index contributed by atoms with van der Waals surface area (Å²) in [5, 5.41) is 6.61. The van der Waals surface area contributed by atoms with E-state index in [0.29, 0.717) is 18.2 Å². The smallest absolute Gasteiger partial charge is 0.191 e. The number of hydrogen-bond donors (Lipinski definition) is 2. The molecule has 0 aromatic heterocycles. The zero-order chi connectivity index (χ0) is 15.1. The largest absolute Gasteiger partial charge is 0.380 e. The Labute approximate surface area is 125 Å². The average Bonchev–Trinajstić information content (AvgIpc) is 2.99. The van der Waals surface area contributed by atoms with Gasteiger partial charge in [0.15, 0.2) is 5.96 Å². The van der Waals surface area contributed by atoms with E-state index in [2.05, 4.69) is 27.8 Å². The monoisotopic (exact) mass is 291 g/mol. The van der Waals surface area contributed by atoms with Gasteiger partial charge in [-0.1, -0.05) is 18.2 Å². The maximum absolute atomic E-state index is 13.5. The van der Waals surface area contributed by atoms with Gasteiger partial charge in [-0.2, -0.15) is 0 Å². The first kappa shape index (κ1) is 15.5. The van der Waals surface area contributed by atoms with Gasteiger partial charge in [0.25, 0.3) is 0 Å². The zero-order valence-electron chi connectivity index (χ0n) is 12.5. The second-order valence-electron chi connectivity index (χ2n) is 5.07. The second kappa shape index (κ2) is 7.78. The molecule has 0 saturated heterocycles. The van der Waals surface area contributed by atoms with Crippen molar-refractivity contribution in [3.05, 3.63) is 47.3 Å². The fraction of sp³-hybridized carbons (Fsp3) is 0.438. The van der Waals surface area contributed by atoms with E-state index in [1.54, 1.807) is 20.2 Å². The predicted octanol–water partition coefficient (Wildman–Crippen LogP) is 2.36. The van der Waals surface area contributed by atoms with Crippen LogP contribution in [-0.4, -0.2) is 26.2 Å². The van der Waals surface area contributed by atoms with E-state index in [1.807, 2.05) is 6.07 Å². The number of benzene rings is 1. The minimum absolute atomic E-state index is 0.236. The quantitative estimate of drug-likeness (QED) is 0.497. The summed E-state index contributed by atoms with van der Waals surface area (Å²) < 4.78 is 18.5.